The molecule has 0 aliphatic heterocycles. The van der Waals surface area contributed by atoms with E-state index in [2.05, 4.69) is 20.2 Å². The molecule has 3 aromatic rings. The van der Waals surface area contributed by atoms with Crippen molar-refractivity contribution in [1.29, 1.82) is 0 Å². The zero-order valence-electron chi connectivity index (χ0n) is 13.8. The molecule has 0 spiro atoms. The van der Waals surface area contributed by atoms with Crippen LogP contribution in [0.1, 0.15) is 20.7 Å². The summed E-state index contributed by atoms with van der Waals surface area (Å²) < 4.78 is 2.07. The molecule has 1 aromatic carbocycles. The van der Waals surface area contributed by atoms with Gasteiger partial charge in [0.1, 0.15) is 13.5 Å². The van der Waals surface area contributed by atoms with Gasteiger partial charge in [-0.2, -0.15) is 9.97 Å². The maximum atomic E-state index is 11.8. The second-order valence-corrected chi connectivity index (χ2v) is 6.13. The summed E-state index contributed by atoms with van der Waals surface area (Å²) >= 11 is 9.88. The average Bonchev–Trinajstić information content (AvgIpc) is 3.22. The maximum absolute atomic E-state index is 11.8. The lowest BCUT2D eigenvalue weighted by Gasteiger charge is -2.10. The van der Waals surface area contributed by atoms with Gasteiger partial charge in [0.2, 0.25) is 9.54 Å². The number of carbonyl (C=O) groups is 2. The number of carboxylic acid groups (broad SMARTS) is 2. The Bertz CT molecular complexity index is 1110. The monoisotopic (exact) mass is 424 g/mol. The van der Waals surface area contributed by atoms with E-state index in [1.165, 1.54) is 0 Å². The number of nitrogens with zero attached hydrogens (tertiary/aromatic N) is 4. The van der Waals surface area contributed by atoms with Crippen LogP contribution in [-0.2, 0) is 13.5 Å². The lowest BCUT2D eigenvalue weighted by atomic mass is 9.97. The van der Waals surface area contributed by atoms with Gasteiger partial charge in [-0.3, -0.25) is 10.2 Å². The average molecular weight is 424 g/mol. The normalized spacial score (nSPS) is 10.9. The first-order valence-corrected chi connectivity index (χ1v) is 8.29. The number of H-pyrrole nitrogens is 2. The molecule has 0 bridgehead atoms. The highest BCUT2D eigenvalue weighted by molar-refractivity contribution is 7.71. The SMILES string of the molecule is O=C(O)c1cc(-c2nc(=S)n(CO)[nH]2)c(C(=O)O)cc1-c1nc(=S)n(CO)[nH]1. The molecule has 0 unspecified atom stereocenters. The summed E-state index contributed by atoms with van der Waals surface area (Å²) in [5.41, 5.74) is -0.669. The molecule has 28 heavy (non-hydrogen) atoms. The second kappa shape index (κ2) is 7.43. The number of aliphatic hydroxyl groups excluding tert-OH is 2. The van der Waals surface area contributed by atoms with Crippen molar-refractivity contribution in [3.05, 3.63) is 32.8 Å². The molecule has 6 N–H and O–H groups in total. The zero-order valence-corrected chi connectivity index (χ0v) is 15.4. The van der Waals surface area contributed by atoms with Gasteiger partial charge in [0.25, 0.3) is 0 Å². The Morgan fingerprint density at radius 1 is 0.857 bits per heavy atom. The standard InChI is InChI=1S/C14H12N6O6S2/c21-3-19-13(27)15-9(17-19)5-1-7(11(23)24)6(2-8(5)12(25)26)10-16-14(28)20(4-22)18-10/h1-2,21-22H,3-4H2,(H,23,24)(H,25,26)(H,15,17,27)(H,16,18,28). The van der Waals surface area contributed by atoms with Crippen molar-refractivity contribution in [1.82, 2.24) is 29.5 Å². The minimum Gasteiger partial charge on any atom is -0.478 e. The van der Waals surface area contributed by atoms with Gasteiger partial charge in [0, 0.05) is 11.1 Å². The third kappa shape index (κ3) is 3.36. The summed E-state index contributed by atoms with van der Waals surface area (Å²) in [6.45, 7) is -1.04. The summed E-state index contributed by atoms with van der Waals surface area (Å²) in [5, 5.41) is 42.8. The number of aromatic nitrogens is 6. The van der Waals surface area contributed by atoms with Gasteiger partial charge in [0.05, 0.1) is 11.1 Å². The number of rotatable bonds is 6. The molecular weight excluding hydrogens is 412 g/mol. The van der Waals surface area contributed by atoms with E-state index >= 15 is 0 Å². The molecule has 2 heterocycles. The Balaban J connectivity index is 2.32. The number of hydrogen-bond donors (Lipinski definition) is 6. The minimum absolute atomic E-state index is 0.0284. The quantitative estimate of drug-likeness (QED) is 0.310. The first-order valence-electron chi connectivity index (χ1n) is 7.47. The molecule has 0 amide bonds. The fraction of sp³-hybridized carbons (Fsp3) is 0.143. The van der Waals surface area contributed by atoms with E-state index in [0.29, 0.717) is 0 Å². The van der Waals surface area contributed by atoms with Gasteiger partial charge < -0.3 is 20.4 Å². The number of aromatic carboxylic acids is 2. The Hall–Kier alpha value is -3.20. The van der Waals surface area contributed by atoms with Gasteiger partial charge in [-0.25, -0.2) is 19.0 Å². The summed E-state index contributed by atoms with van der Waals surface area (Å²) in [6, 6.07) is 2.20. The smallest absolute Gasteiger partial charge is 0.336 e. The van der Waals surface area contributed by atoms with E-state index in [9.17, 15) is 30.0 Å². The predicted molar refractivity (Wildman–Crippen MR) is 97.6 cm³/mol. The highest BCUT2D eigenvalue weighted by Crippen LogP contribution is 2.30. The molecular formula is C14H12N6O6S2. The number of aromatic amines is 2. The van der Waals surface area contributed by atoms with Crippen molar-refractivity contribution in [3.8, 4) is 22.8 Å². The number of hydrogen-bond acceptors (Lipinski definition) is 8. The molecule has 0 aliphatic carbocycles. The van der Waals surface area contributed by atoms with Crippen molar-refractivity contribution >= 4 is 36.4 Å². The molecule has 0 atom stereocenters. The van der Waals surface area contributed by atoms with Gasteiger partial charge in [-0.05, 0) is 36.6 Å². The van der Waals surface area contributed by atoms with Gasteiger partial charge in [-0.15, -0.1) is 0 Å². The fourth-order valence-electron chi connectivity index (χ4n) is 2.49. The Morgan fingerprint density at radius 3 is 1.46 bits per heavy atom. The van der Waals surface area contributed by atoms with Crippen LogP contribution in [0.5, 0.6) is 0 Å². The van der Waals surface area contributed by atoms with Gasteiger partial charge >= 0.3 is 11.9 Å². The van der Waals surface area contributed by atoms with Crippen LogP contribution in [0, 0.1) is 9.54 Å². The molecule has 146 valence electrons. The largest absolute Gasteiger partial charge is 0.478 e. The summed E-state index contributed by atoms with van der Waals surface area (Å²) in [5.74, 6) is -2.77. The van der Waals surface area contributed by atoms with Crippen molar-refractivity contribution in [3.63, 3.8) is 0 Å². The van der Waals surface area contributed by atoms with E-state index in [-0.39, 0.29) is 43.4 Å². The summed E-state index contributed by atoms with van der Waals surface area (Å²) in [7, 11) is 0. The Labute approximate surface area is 165 Å². The molecule has 0 radical (unpaired) electrons. The van der Waals surface area contributed by atoms with E-state index < -0.39 is 25.4 Å². The molecule has 2 aromatic heterocycles. The molecule has 0 fully saturated rings. The third-order valence-corrected chi connectivity index (χ3v) is 4.39. The van der Waals surface area contributed by atoms with Crippen molar-refractivity contribution in [2.24, 2.45) is 0 Å². The van der Waals surface area contributed by atoms with Crippen LogP contribution in [0.25, 0.3) is 22.8 Å². The minimum atomic E-state index is -1.36. The van der Waals surface area contributed by atoms with E-state index in [4.69, 9.17) is 24.4 Å². The van der Waals surface area contributed by atoms with E-state index in [0.717, 1.165) is 21.5 Å². The number of nitrogens with one attached hydrogen (secondary N) is 2. The van der Waals surface area contributed by atoms with Crippen LogP contribution >= 0.6 is 24.4 Å². The van der Waals surface area contributed by atoms with Crippen molar-refractivity contribution < 1.29 is 30.0 Å². The Morgan fingerprint density at radius 2 is 1.21 bits per heavy atom. The lowest BCUT2D eigenvalue weighted by Crippen LogP contribution is -2.08. The molecule has 0 saturated carbocycles. The maximum Gasteiger partial charge on any atom is 0.336 e. The zero-order chi connectivity index (χ0) is 20.6. The highest BCUT2D eigenvalue weighted by Gasteiger charge is 2.24. The van der Waals surface area contributed by atoms with Crippen LogP contribution in [0.3, 0.4) is 0 Å². The number of aliphatic hydroxyl groups is 2. The first kappa shape index (κ1) is 19.6. The van der Waals surface area contributed by atoms with Crippen LogP contribution in [0.2, 0.25) is 0 Å². The number of carboxylic acids is 2. The van der Waals surface area contributed by atoms with Crippen LogP contribution < -0.4 is 0 Å². The third-order valence-electron chi connectivity index (χ3n) is 3.77. The second-order valence-electron chi connectivity index (χ2n) is 5.40. The van der Waals surface area contributed by atoms with E-state index in [1.54, 1.807) is 0 Å². The molecule has 3 rings (SSSR count). The van der Waals surface area contributed by atoms with Gasteiger partial charge in [-0.1, -0.05) is 0 Å². The topological polar surface area (TPSA) is 182 Å². The van der Waals surface area contributed by atoms with E-state index in [1.807, 2.05) is 0 Å². The molecule has 0 saturated heterocycles. The fourth-order valence-corrected chi connectivity index (χ4v) is 2.88. The lowest BCUT2D eigenvalue weighted by molar-refractivity contribution is 0.0682. The highest BCUT2D eigenvalue weighted by atomic mass is 32.1. The summed E-state index contributed by atoms with van der Waals surface area (Å²) in [6.07, 6.45) is 0. The van der Waals surface area contributed by atoms with Crippen LogP contribution in [0.15, 0.2) is 12.1 Å². The molecule has 14 heteroatoms. The van der Waals surface area contributed by atoms with Gasteiger partial charge in [0.15, 0.2) is 11.6 Å². The summed E-state index contributed by atoms with van der Waals surface area (Å²) in [4.78, 5) is 31.5. The van der Waals surface area contributed by atoms with Crippen LogP contribution in [-0.4, -0.2) is 61.9 Å². The Kier molecular flexibility index (Phi) is 5.19. The number of benzene rings is 1. The van der Waals surface area contributed by atoms with Crippen molar-refractivity contribution in [2.45, 2.75) is 13.5 Å². The van der Waals surface area contributed by atoms with Crippen molar-refractivity contribution in [2.75, 3.05) is 0 Å². The molecule has 0 aliphatic rings. The first-order chi connectivity index (χ1) is 13.3. The molecule has 12 nitrogen and oxygen atoms in total. The van der Waals surface area contributed by atoms with Crippen LogP contribution in [0.4, 0.5) is 0 Å². The predicted octanol–water partition coefficient (Wildman–Crippen LogP) is 0.825.